The highest BCUT2D eigenvalue weighted by Gasteiger charge is 2.54. The molecule has 2 aromatic heterocycles. The van der Waals surface area contributed by atoms with E-state index >= 15 is 0 Å². The van der Waals surface area contributed by atoms with Gasteiger partial charge < -0.3 is 18.9 Å². The van der Waals surface area contributed by atoms with E-state index < -0.39 is 0 Å². The van der Waals surface area contributed by atoms with Crippen molar-refractivity contribution in [3.05, 3.63) is 53.6 Å². The number of pyridine rings is 1. The Labute approximate surface area is 160 Å². The molecule has 2 fully saturated rings. The SMILES string of the molecule is Cc1cccc(COCC[C@@H]2CCOC23CN(C(=O)c2cccn2C)C3)n1. The van der Waals surface area contributed by atoms with Gasteiger partial charge in [0.2, 0.25) is 0 Å². The Morgan fingerprint density at radius 3 is 2.93 bits per heavy atom. The average Bonchev–Trinajstić information content (AvgIpc) is 3.23. The summed E-state index contributed by atoms with van der Waals surface area (Å²) in [6.07, 6.45) is 3.90. The van der Waals surface area contributed by atoms with Crippen LogP contribution < -0.4 is 0 Å². The summed E-state index contributed by atoms with van der Waals surface area (Å²) in [6, 6.07) is 9.76. The van der Waals surface area contributed by atoms with E-state index in [0.717, 1.165) is 36.5 Å². The molecule has 144 valence electrons. The van der Waals surface area contributed by atoms with E-state index in [0.29, 0.717) is 32.2 Å². The molecular formula is C21H27N3O3. The molecule has 0 aromatic carbocycles. The fourth-order valence-electron chi connectivity index (χ4n) is 4.21. The highest BCUT2D eigenvalue weighted by Crippen LogP contribution is 2.42. The highest BCUT2D eigenvalue weighted by molar-refractivity contribution is 5.93. The van der Waals surface area contributed by atoms with Crippen molar-refractivity contribution in [1.29, 1.82) is 0 Å². The number of nitrogens with zero attached hydrogens (tertiary/aromatic N) is 3. The Bertz CT molecular complexity index is 811. The van der Waals surface area contributed by atoms with Crippen LogP contribution in [-0.2, 0) is 23.1 Å². The van der Waals surface area contributed by atoms with E-state index in [4.69, 9.17) is 9.47 Å². The number of carbonyl (C=O) groups excluding carboxylic acids is 1. The van der Waals surface area contributed by atoms with Crippen LogP contribution in [0.25, 0.3) is 0 Å². The molecular weight excluding hydrogens is 342 g/mol. The summed E-state index contributed by atoms with van der Waals surface area (Å²) in [7, 11) is 1.90. The van der Waals surface area contributed by atoms with E-state index in [9.17, 15) is 4.79 Å². The third kappa shape index (κ3) is 3.64. The first-order chi connectivity index (χ1) is 13.1. The smallest absolute Gasteiger partial charge is 0.270 e. The molecule has 0 saturated carbocycles. The number of ether oxygens (including phenoxy) is 2. The van der Waals surface area contributed by atoms with Gasteiger partial charge in [-0.15, -0.1) is 0 Å². The van der Waals surface area contributed by atoms with Gasteiger partial charge in [-0.1, -0.05) is 6.07 Å². The van der Waals surface area contributed by atoms with Crippen LogP contribution in [0.1, 0.15) is 34.7 Å². The zero-order valence-corrected chi connectivity index (χ0v) is 16.1. The van der Waals surface area contributed by atoms with E-state index in [1.807, 2.05) is 60.0 Å². The second-order valence-corrected chi connectivity index (χ2v) is 7.68. The van der Waals surface area contributed by atoms with Gasteiger partial charge in [-0.3, -0.25) is 9.78 Å². The lowest BCUT2D eigenvalue weighted by molar-refractivity contribution is -0.121. The van der Waals surface area contributed by atoms with Crippen LogP contribution >= 0.6 is 0 Å². The molecule has 27 heavy (non-hydrogen) atoms. The second kappa shape index (κ2) is 7.44. The maximum atomic E-state index is 12.6. The molecule has 4 heterocycles. The molecule has 0 aliphatic carbocycles. The molecule has 0 N–H and O–H groups in total. The van der Waals surface area contributed by atoms with Crippen LogP contribution in [0.4, 0.5) is 0 Å². The maximum absolute atomic E-state index is 12.6. The standard InChI is InChI=1S/C21H27N3O3/c1-16-5-3-6-18(22-16)13-26-11-8-17-9-12-27-21(17)14-24(15-21)20(25)19-7-4-10-23(19)2/h3-7,10,17H,8-9,11-15H2,1-2H3/t17-/m1/s1. The van der Waals surface area contributed by atoms with E-state index in [1.54, 1.807) is 0 Å². The lowest BCUT2D eigenvalue weighted by Crippen LogP contribution is -2.66. The average molecular weight is 369 g/mol. The monoisotopic (exact) mass is 369 g/mol. The van der Waals surface area contributed by atoms with Gasteiger partial charge in [0, 0.05) is 32.2 Å². The summed E-state index contributed by atoms with van der Waals surface area (Å²) >= 11 is 0. The largest absolute Gasteiger partial charge is 0.375 e. The minimum Gasteiger partial charge on any atom is -0.375 e. The zero-order chi connectivity index (χ0) is 18.9. The predicted octanol–water partition coefficient (Wildman–Crippen LogP) is 2.57. The number of hydrogen-bond donors (Lipinski definition) is 0. The minimum absolute atomic E-state index is 0.0872. The number of amides is 1. The van der Waals surface area contributed by atoms with Crippen LogP contribution in [0.15, 0.2) is 36.5 Å². The molecule has 2 aliphatic heterocycles. The molecule has 1 amide bonds. The van der Waals surface area contributed by atoms with Crippen LogP contribution in [0.2, 0.25) is 0 Å². The summed E-state index contributed by atoms with van der Waals surface area (Å²) in [5, 5.41) is 0. The molecule has 1 atom stereocenters. The molecule has 6 nitrogen and oxygen atoms in total. The van der Waals surface area contributed by atoms with Gasteiger partial charge in [0.05, 0.1) is 25.4 Å². The van der Waals surface area contributed by atoms with Crippen molar-refractivity contribution in [3.8, 4) is 0 Å². The molecule has 1 spiro atoms. The summed E-state index contributed by atoms with van der Waals surface area (Å²) < 4.78 is 13.8. The van der Waals surface area contributed by atoms with Gasteiger partial charge in [-0.2, -0.15) is 0 Å². The van der Waals surface area contributed by atoms with Gasteiger partial charge in [-0.05, 0) is 49.9 Å². The first kappa shape index (κ1) is 18.2. The molecule has 4 rings (SSSR count). The molecule has 0 unspecified atom stereocenters. The van der Waals surface area contributed by atoms with Crippen molar-refractivity contribution < 1.29 is 14.3 Å². The molecule has 6 heteroatoms. The van der Waals surface area contributed by atoms with Gasteiger partial charge >= 0.3 is 0 Å². The fraction of sp³-hybridized carbons (Fsp3) is 0.524. The molecule has 0 radical (unpaired) electrons. The van der Waals surface area contributed by atoms with Crippen molar-refractivity contribution in [3.63, 3.8) is 0 Å². The number of aromatic nitrogens is 2. The maximum Gasteiger partial charge on any atom is 0.270 e. The Hall–Kier alpha value is -2.18. The van der Waals surface area contributed by atoms with Gasteiger partial charge in [0.25, 0.3) is 5.91 Å². The van der Waals surface area contributed by atoms with Crippen molar-refractivity contribution >= 4 is 5.91 Å². The fourth-order valence-corrected chi connectivity index (χ4v) is 4.21. The first-order valence-electron chi connectivity index (χ1n) is 9.62. The van der Waals surface area contributed by atoms with E-state index in [2.05, 4.69) is 4.98 Å². The third-order valence-corrected chi connectivity index (χ3v) is 5.77. The summed E-state index contributed by atoms with van der Waals surface area (Å²) in [5.74, 6) is 0.532. The quantitative estimate of drug-likeness (QED) is 0.735. The van der Waals surface area contributed by atoms with Gasteiger partial charge in [-0.25, -0.2) is 0 Å². The van der Waals surface area contributed by atoms with Crippen molar-refractivity contribution in [2.45, 2.75) is 32.0 Å². The van der Waals surface area contributed by atoms with E-state index in [1.165, 1.54) is 0 Å². The van der Waals surface area contributed by atoms with Crippen LogP contribution in [-0.4, -0.2) is 52.3 Å². The van der Waals surface area contributed by atoms with Crippen molar-refractivity contribution in [2.75, 3.05) is 26.3 Å². The van der Waals surface area contributed by atoms with Crippen LogP contribution in [0, 0.1) is 12.8 Å². The minimum atomic E-state index is -0.175. The highest BCUT2D eigenvalue weighted by atomic mass is 16.5. The lowest BCUT2D eigenvalue weighted by atomic mass is 9.79. The number of rotatable bonds is 6. The van der Waals surface area contributed by atoms with Crippen LogP contribution in [0.3, 0.4) is 0 Å². The Kier molecular flexibility index (Phi) is 5.02. The van der Waals surface area contributed by atoms with Gasteiger partial charge in [0.1, 0.15) is 11.3 Å². The predicted molar refractivity (Wildman–Crippen MR) is 101 cm³/mol. The lowest BCUT2D eigenvalue weighted by Gasteiger charge is -2.50. The van der Waals surface area contributed by atoms with Gasteiger partial charge in [0.15, 0.2) is 0 Å². The van der Waals surface area contributed by atoms with Crippen molar-refractivity contribution in [2.24, 2.45) is 13.0 Å². The Morgan fingerprint density at radius 2 is 2.19 bits per heavy atom. The normalized spacial score (nSPS) is 20.8. The Balaban J connectivity index is 1.26. The number of aryl methyl sites for hydroxylation is 2. The third-order valence-electron chi connectivity index (χ3n) is 5.77. The molecule has 2 aromatic rings. The summed E-state index contributed by atoms with van der Waals surface area (Å²) in [4.78, 5) is 19.0. The van der Waals surface area contributed by atoms with Crippen molar-refractivity contribution in [1.82, 2.24) is 14.5 Å². The first-order valence-corrected chi connectivity index (χ1v) is 9.62. The zero-order valence-electron chi connectivity index (χ0n) is 16.1. The Morgan fingerprint density at radius 1 is 1.33 bits per heavy atom. The van der Waals surface area contributed by atoms with Crippen LogP contribution in [0.5, 0.6) is 0 Å². The molecule has 0 bridgehead atoms. The summed E-state index contributed by atoms with van der Waals surface area (Å²) in [5.41, 5.74) is 2.53. The molecule has 2 saturated heterocycles. The number of carbonyl (C=O) groups is 1. The van der Waals surface area contributed by atoms with E-state index in [-0.39, 0.29) is 11.5 Å². The second-order valence-electron chi connectivity index (χ2n) is 7.68. The topological polar surface area (TPSA) is 56.6 Å². The number of hydrogen-bond acceptors (Lipinski definition) is 4. The summed E-state index contributed by atoms with van der Waals surface area (Å²) in [6.45, 7) is 5.36. The number of likely N-dealkylation sites (tertiary alicyclic amines) is 1. The molecule has 2 aliphatic rings.